The number of aromatic amines is 2. The van der Waals surface area contributed by atoms with Gasteiger partial charge in [-0.25, -0.2) is 0 Å². The van der Waals surface area contributed by atoms with Crippen molar-refractivity contribution < 1.29 is 0 Å². The molecule has 0 saturated carbocycles. The van der Waals surface area contributed by atoms with Crippen molar-refractivity contribution in [1.29, 1.82) is 0 Å². The average Bonchev–Trinajstić information content (AvgIpc) is 3.22. The van der Waals surface area contributed by atoms with Crippen molar-refractivity contribution in [3.05, 3.63) is 77.1 Å². The minimum Gasteiger partial charge on any atom is -0.321 e. The summed E-state index contributed by atoms with van der Waals surface area (Å²) in [6, 6.07) is 22.2. The van der Waals surface area contributed by atoms with E-state index in [9.17, 15) is 4.79 Å². The summed E-state index contributed by atoms with van der Waals surface area (Å²) in [7, 11) is 0. The van der Waals surface area contributed by atoms with Gasteiger partial charge >= 0.3 is 0 Å². The van der Waals surface area contributed by atoms with Crippen LogP contribution in [0, 0.1) is 0 Å². The Kier molecular flexibility index (Phi) is 3.15. The van der Waals surface area contributed by atoms with E-state index in [0.717, 1.165) is 27.4 Å². The molecule has 0 spiro atoms. The van der Waals surface area contributed by atoms with Gasteiger partial charge in [-0.1, -0.05) is 48.5 Å². The van der Waals surface area contributed by atoms with Gasteiger partial charge in [0.05, 0.1) is 5.56 Å². The summed E-state index contributed by atoms with van der Waals surface area (Å²) >= 11 is 0. The van der Waals surface area contributed by atoms with E-state index in [2.05, 4.69) is 55.9 Å². The Morgan fingerprint density at radius 2 is 1.54 bits per heavy atom. The fourth-order valence-corrected chi connectivity index (χ4v) is 3.36. The van der Waals surface area contributed by atoms with Gasteiger partial charge in [-0.15, -0.1) is 10.2 Å². The third-order valence-electron chi connectivity index (χ3n) is 4.55. The standard InChI is InChI=1S/C20H13N5O/c26-20-16(19-22-24-25-23-19)9-10-18(21-20)17-11-12-5-1-2-6-13(12)14-7-3-4-8-15(14)17/h1-11H,(H,21,26)(H,22,23,24,25). The summed E-state index contributed by atoms with van der Waals surface area (Å²) < 4.78 is 0. The number of tetrazole rings is 1. The second kappa shape index (κ2) is 5.63. The molecule has 0 atom stereocenters. The quantitative estimate of drug-likeness (QED) is 0.482. The minimum atomic E-state index is -0.249. The second-order valence-electron chi connectivity index (χ2n) is 6.04. The Morgan fingerprint density at radius 1 is 0.769 bits per heavy atom. The van der Waals surface area contributed by atoms with Gasteiger partial charge in [0.2, 0.25) is 5.82 Å². The Morgan fingerprint density at radius 3 is 2.31 bits per heavy atom. The highest BCUT2D eigenvalue weighted by Crippen LogP contribution is 2.33. The van der Waals surface area contributed by atoms with Crippen molar-refractivity contribution in [2.45, 2.75) is 0 Å². The number of rotatable bonds is 2. The molecule has 6 nitrogen and oxygen atoms in total. The number of hydrogen-bond acceptors (Lipinski definition) is 4. The molecule has 5 aromatic rings. The molecule has 0 aliphatic heterocycles. The molecule has 6 heteroatoms. The molecular formula is C20H13N5O. The molecule has 124 valence electrons. The number of aromatic nitrogens is 5. The van der Waals surface area contributed by atoms with Crippen LogP contribution in [0.1, 0.15) is 0 Å². The number of nitrogens with zero attached hydrogens (tertiary/aromatic N) is 3. The van der Waals surface area contributed by atoms with Crippen LogP contribution in [0.15, 0.2) is 71.5 Å². The van der Waals surface area contributed by atoms with E-state index in [0.29, 0.717) is 5.56 Å². The summed E-state index contributed by atoms with van der Waals surface area (Å²) in [6.45, 7) is 0. The van der Waals surface area contributed by atoms with Gasteiger partial charge in [-0.3, -0.25) is 4.79 Å². The Hall–Kier alpha value is -3.80. The van der Waals surface area contributed by atoms with E-state index in [1.807, 2.05) is 30.3 Å². The highest BCUT2D eigenvalue weighted by molar-refractivity contribution is 6.13. The van der Waals surface area contributed by atoms with E-state index in [-0.39, 0.29) is 11.4 Å². The van der Waals surface area contributed by atoms with E-state index in [1.165, 1.54) is 5.39 Å². The van der Waals surface area contributed by atoms with Crippen LogP contribution < -0.4 is 5.56 Å². The highest BCUT2D eigenvalue weighted by Gasteiger charge is 2.12. The third kappa shape index (κ3) is 2.20. The fourth-order valence-electron chi connectivity index (χ4n) is 3.36. The Balaban J connectivity index is 1.79. The Bertz CT molecular complexity index is 1310. The molecule has 0 aliphatic rings. The fraction of sp³-hybridized carbons (Fsp3) is 0. The van der Waals surface area contributed by atoms with E-state index < -0.39 is 0 Å². The maximum absolute atomic E-state index is 12.5. The number of pyridine rings is 1. The van der Waals surface area contributed by atoms with Gasteiger partial charge in [-0.2, -0.15) is 5.21 Å². The maximum atomic E-state index is 12.5. The van der Waals surface area contributed by atoms with Crippen molar-refractivity contribution in [2.75, 3.05) is 0 Å². The summed E-state index contributed by atoms with van der Waals surface area (Å²) in [4.78, 5) is 15.5. The van der Waals surface area contributed by atoms with Crippen molar-refractivity contribution >= 4 is 21.5 Å². The largest absolute Gasteiger partial charge is 0.321 e. The van der Waals surface area contributed by atoms with Crippen LogP contribution in [0.25, 0.3) is 44.2 Å². The topological polar surface area (TPSA) is 87.3 Å². The molecule has 0 aliphatic carbocycles. The van der Waals surface area contributed by atoms with Gasteiger partial charge in [0, 0.05) is 11.3 Å². The Labute approximate surface area is 147 Å². The minimum absolute atomic E-state index is 0.249. The average molecular weight is 339 g/mol. The first kappa shape index (κ1) is 14.5. The molecule has 0 saturated heterocycles. The van der Waals surface area contributed by atoms with Crippen LogP contribution in [0.2, 0.25) is 0 Å². The SMILES string of the molecule is O=c1[nH]c(-c2cc3ccccc3c3ccccc23)ccc1-c1nn[nH]n1. The molecule has 26 heavy (non-hydrogen) atoms. The first-order valence-electron chi connectivity index (χ1n) is 8.19. The van der Waals surface area contributed by atoms with Gasteiger partial charge < -0.3 is 4.98 Å². The summed E-state index contributed by atoms with van der Waals surface area (Å²) in [5, 5.41) is 18.2. The molecular weight excluding hydrogens is 326 g/mol. The lowest BCUT2D eigenvalue weighted by molar-refractivity contribution is 0.881. The summed E-state index contributed by atoms with van der Waals surface area (Å²) in [5.41, 5.74) is 1.87. The van der Waals surface area contributed by atoms with E-state index in [4.69, 9.17) is 0 Å². The highest BCUT2D eigenvalue weighted by atomic mass is 16.1. The van der Waals surface area contributed by atoms with Crippen LogP contribution in [0.5, 0.6) is 0 Å². The molecule has 3 aromatic carbocycles. The molecule has 2 N–H and O–H groups in total. The maximum Gasteiger partial charge on any atom is 0.259 e. The number of H-pyrrole nitrogens is 2. The van der Waals surface area contributed by atoms with E-state index in [1.54, 1.807) is 6.07 Å². The van der Waals surface area contributed by atoms with Crippen molar-refractivity contribution in [2.24, 2.45) is 0 Å². The molecule has 0 bridgehead atoms. The first-order chi connectivity index (χ1) is 12.8. The zero-order valence-corrected chi connectivity index (χ0v) is 13.6. The van der Waals surface area contributed by atoms with Crippen LogP contribution >= 0.6 is 0 Å². The van der Waals surface area contributed by atoms with Gasteiger partial charge in [0.15, 0.2) is 0 Å². The van der Waals surface area contributed by atoms with Crippen LogP contribution in [-0.4, -0.2) is 25.6 Å². The van der Waals surface area contributed by atoms with Crippen LogP contribution in [0.3, 0.4) is 0 Å². The van der Waals surface area contributed by atoms with Crippen LogP contribution in [0.4, 0.5) is 0 Å². The number of fused-ring (bicyclic) bond motifs is 3. The summed E-state index contributed by atoms with van der Waals surface area (Å²) in [6.07, 6.45) is 0. The van der Waals surface area contributed by atoms with Gasteiger partial charge in [-0.05, 0) is 45.0 Å². The first-order valence-corrected chi connectivity index (χ1v) is 8.19. The molecule has 0 fully saturated rings. The number of hydrogen-bond donors (Lipinski definition) is 2. The lowest BCUT2D eigenvalue weighted by atomic mass is 9.95. The van der Waals surface area contributed by atoms with Gasteiger partial charge in [0.1, 0.15) is 0 Å². The van der Waals surface area contributed by atoms with Crippen molar-refractivity contribution in [3.8, 4) is 22.6 Å². The predicted octanol–water partition coefficient (Wildman–Crippen LogP) is 3.53. The lowest BCUT2D eigenvalue weighted by Crippen LogP contribution is -2.10. The lowest BCUT2D eigenvalue weighted by Gasteiger charge is -2.11. The normalized spacial score (nSPS) is 11.2. The van der Waals surface area contributed by atoms with Crippen molar-refractivity contribution in [1.82, 2.24) is 25.6 Å². The molecule has 2 heterocycles. The molecule has 0 unspecified atom stereocenters. The number of nitrogens with one attached hydrogen (secondary N) is 2. The third-order valence-corrected chi connectivity index (χ3v) is 4.55. The van der Waals surface area contributed by atoms with Crippen LogP contribution in [-0.2, 0) is 0 Å². The number of benzene rings is 3. The summed E-state index contributed by atoms with van der Waals surface area (Å²) in [5.74, 6) is 0.279. The molecule has 0 radical (unpaired) electrons. The second-order valence-corrected chi connectivity index (χ2v) is 6.04. The monoisotopic (exact) mass is 339 g/mol. The zero-order chi connectivity index (χ0) is 17.5. The smallest absolute Gasteiger partial charge is 0.259 e. The van der Waals surface area contributed by atoms with Crippen molar-refractivity contribution in [3.63, 3.8) is 0 Å². The molecule has 0 amide bonds. The molecule has 5 rings (SSSR count). The van der Waals surface area contributed by atoms with E-state index >= 15 is 0 Å². The molecule has 2 aromatic heterocycles. The predicted molar refractivity (Wildman–Crippen MR) is 101 cm³/mol. The van der Waals surface area contributed by atoms with Gasteiger partial charge in [0.25, 0.3) is 5.56 Å². The zero-order valence-electron chi connectivity index (χ0n) is 13.6.